The van der Waals surface area contributed by atoms with Gasteiger partial charge < -0.3 is 15.5 Å². The molecule has 0 spiro atoms. The number of thiophene rings is 1. The summed E-state index contributed by atoms with van der Waals surface area (Å²) in [5.74, 6) is 0.440. The van der Waals surface area contributed by atoms with E-state index in [-0.39, 0.29) is 17.9 Å². The fraction of sp³-hybridized carbons (Fsp3) is 0.600. The first kappa shape index (κ1) is 21.2. The molecule has 8 nitrogen and oxygen atoms in total. The van der Waals surface area contributed by atoms with E-state index >= 15 is 0 Å². The van der Waals surface area contributed by atoms with Crippen LogP contribution in [-0.4, -0.2) is 64.7 Å². The van der Waals surface area contributed by atoms with Gasteiger partial charge in [-0.1, -0.05) is 17.4 Å². The third kappa shape index (κ3) is 5.77. The maximum absolute atomic E-state index is 12.5. The van der Waals surface area contributed by atoms with Gasteiger partial charge in [-0.15, -0.1) is 21.5 Å². The molecule has 2 N–H and O–H groups in total. The van der Waals surface area contributed by atoms with E-state index in [1.165, 1.54) is 16.2 Å². The number of nitrogens with one attached hydrogen (secondary N) is 2. The molecule has 30 heavy (non-hydrogen) atoms. The van der Waals surface area contributed by atoms with Gasteiger partial charge in [0.05, 0.1) is 0 Å². The summed E-state index contributed by atoms with van der Waals surface area (Å²) in [6, 6.07) is 4.30. The highest BCUT2D eigenvalue weighted by Crippen LogP contribution is 2.22. The summed E-state index contributed by atoms with van der Waals surface area (Å²) in [5.41, 5.74) is 1.59. The lowest BCUT2D eigenvalue weighted by atomic mass is 9.96. The van der Waals surface area contributed by atoms with Crippen LogP contribution in [0.3, 0.4) is 0 Å². The molecule has 4 heterocycles. The first-order chi connectivity index (χ1) is 14.7. The molecule has 0 aliphatic carbocycles. The number of aromatic nitrogens is 2. The Balaban J connectivity index is 1.12. The maximum atomic E-state index is 12.5. The zero-order chi connectivity index (χ0) is 20.8. The van der Waals surface area contributed by atoms with Gasteiger partial charge in [-0.2, -0.15) is 0 Å². The summed E-state index contributed by atoms with van der Waals surface area (Å²) in [6.07, 6.45) is 3.61. The lowest BCUT2D eigenvalue weighted by Gasteiger charge is -2.34. The van der Waals surface area contributed by atoms with E-state index in [1.807, 2.05) is 16.2 Å². The molecule has 10 heteroatoms. The van der Waals surface area contributed by atoms with Gasteiger partial charge in [0.15, 0.2) is 0 Å². The highest BCUT2D eigenvalue weighted by atomic mass is 32.1. The van der Waals surface area contributed by atoms with Crippen molar-refractivity contribution in [1.29, 1.82) is 0 Å². The van der Waals surface area contributed by atoms with Crippen LogP contribution in [0.4, 0.5) is 9.93 Å². The average Bonchev–Trinajstić information content (AvgIpc) is 3.47. The predicted molar refractivity (Wildman–Crippen MR) is 119 cm³/mol. The Kier molecular flexibility index (Phi) is 7.29. The van der Waals surface area contributed by atoms with Gasteiger partial charge in [0.1, 0.15) is 5.51 Å². The fourth-order valence-corrected chi connectivity index (χ4v) is 5.29. The fourth-order valence-electron chi connectivity index (χ4n) is 4.09. The van der Waals surface area contributed by atoms with Crippen LogP contribution in [0.25, 0.3) is 0 Å². The Bertz CT molecular complexity index is 797. The number of nitrogens with zero attached hydrogens (tertiary/aromatic N) is 4. The molecule has 2 aromatic heterocycles. The van der Waals surface area contributed by atoms with Gasteiger partial charge in [-0.05, 0) is 56.1 Å². The number of carbonyl (C=O) groups is 2. The van der Waals surface area contributed by atoms with Crippen LogP contribution in [-0.2, 0) is 11.3 Å². The predicted octanol–water partition coefficient (Wildman–Crippen LogP) is 2.87. The first-order valence-electron chi connectivity index (χ1n) is 10.5. The Morgan fingerprint density at radius 3 is 2.57 bits per heavy atom. The van der Waals surface area contributed by atoms with Crippen LogP contribution in [0.2, 0.25) is 0 Å². The summed E-state index contributed by atoms with van der Waals surface area (Å²) in [4.78, 5) is 30.6. The van der Waals surface area contributed by atoms with Crippen molar-refractivity contribution >= 4 is 39.7 Å². The second kappa shape index (κ2) is 10.3. The van der Waals surface area contributed by atoms with E-state index in [2.05, 4.69) is 43.2 Å². The van der Waals surface area contributed by atoms with Crippen molar-refractivity contribution in [2.75, 3.05) is 38.0 Å². The Morgan fingerprint density at radius 1 is 1.10 bits per heavy atom. The maximum Gasteiger partial charge on any atom is 0.317 e. The third-order valence-electron chi connectivity index (χ3n) is 5.95. The molecule has 2 aliphatic heterocycles. The molecule has 2 fully saturated rings. The lowest BCUT2D eigenvalue weighted by Crippen LogP contribution is -2.47. The summed E-state index contributed by atoms with van der Waals surface area (Å²) < 4.78 is 0. The minimum absolute atomic E-state index is 0.000929. The Hall–Kier alpha value is -2.04. The topological polar surface area (TPSA) is 90.5 Å². The van der Waals surface area contributed by atoms with Crippen molar-refractivity contribution in [2.24, 2.45) is 11.8 Å². The van der Waals surface area contributed by atoms with E-state index in [1.54, 1.807) is 5.51 Å². The molecule has 0 radical (unpaired) electrons. The van der Waals surface area contributed by atoms with Gasteiger partial charge in [-0.25, -0.2) is 4.79 Å². The van der Waals surface area contributed by atoms with Crippen molar-refractivity contribution in [3.8, 4) is 0 Å². The van der Waals surface area contributed by atoms with Crippen LogP contribution in [0, 0.1) is 11.8 Å². The lowest BCUT2D eigenvalue weighted by molar-refractivity contribution is -0.121. The number of likely N-dealkylation sites (tertiary alicyclic amines) is 2. The SMILES string of the molecule is O=C(Nc1nncs1)C1CCN(C(=O)NCC2CCN(Cc3cccs3)CC2)CC1. The monoisotopic (exact) mass is 448 g/mol. The Labute approximate surface area is 184 Å². The van der Waals surface area contributed by atoms with Crippen LogP contribution in [0.5, 0.6) is 0 Å². The zero-order valence-electron chi connectivity index (χ0n) is 17.0. The number of carbonyl (C=O) groups excluding carboxylic acids is 2. The summed E-state index contributed by atoms with van der Waals surface area (Å²) in [6.45, 7) is 5.18. The van der Waals surface area contributed by atoms with Crippen LogP contribution in [0.1, 0.15) is 30.6 Å². The molecule has 3 amide bonds. The number of amides is 3. The molecule has 162 valence electrons. The second-order valence-corrected chi connectivity index (χ2v) is 9.84. The zero-order valence-corrected chi connectivity index (χ0v) is 18.6. The van der Waals surface area contributed by atoms with Crippen LogP contribution >= 0.6 is 22.7 Å². The summed E-state index contributed by atoms with van der Waals surface area (Å²) >= 11 is 3.13. The summed E-state index contributed by atoms with van der Waals surface area (Å²) in [7, 11) is 0. The number of urea groups is 1. The van der Waals surface area contributed by atoms with Crippen LogP contribution in [0.15, 0.2) is 23.0 Å². The molecule has 0 aromatic carbocycles. The van der Waals surface area contributed by atoms with Gasteiger partial charge in [0.2, 0.25) is 11.0 Å². The largest absolute Gasteiger partial charge is 0.338 e. The molecule has 2 aromatic rings. The number of hydrogen-bond acceptors (Lipinski definition) is 7. The third-order valence-corrected chi connectivity index (χ3v) is 7.42. The van der Waals surface area contributed by atoms with Crippen molar-refractivity contribution in [2.45, 2.75) is 32.2 Å². The molecular weight excluding hydrogens is 420 g/mol. The van der Waals surface area contributed by atoms with Crippen LogP contribution < -0.4 is 10.6 Å². The molecule has 0 atom stereocenters. The summed E-state index contributed by atoms with van der Waals surface area (Å²) in [5, 5.41) is 16.2. The van der Waals surface area contributed by atoms with Crippen molar-refractivity contribution in [1.82, 2.24) is 25.3 Å². The quantitative estimate of drug-likeness (QED) is 0.709. The molecule has 0 bridgehead atoms. The normalized spacial score (nSPS) is 19.0. The van der Waals surface area contributed by atoms with E-state index in [0.29, 0.717) is 37.0 Å². The number of piperidine rings is 2. The average molecular weight is 449 g/mol. The number of anilines is 1. The minimum atomic E-state index is -0.0781. The molecule has 0 unspecified atom stereocenters. The molecule has 2 saturated heterocycles. The van der Waals surface area contributed by atoms with Crippen molar-refractivity contribution < 1.29 is 9.59 Å². The minimum Gasteiger partial charge on any atom is -0.338 e. The second-order valence-electron chi connectivity index (χ2n) is 7.98. The van der Waals surface area contributed by atoms with E-state index in [9.17, 15) is 9.59 Å². The highest BCUT2D eigenvalue weighted by Gasteiger charge is 2.28. The molecule has 4 rings (SSSR count). The van der Waals surface area contributed by atoms with Gasteiger partial charge >= 0.3 is 6.03 Å². The van der Waals surface area contributed by atoms with Gasteiger partial charge in [0, 0.05) is 37.0 Å². The molecule has 2 aliphatic rings. The first-order valence-corrected chi connectivity index (χ1v) is 12.3. The van der Waals surface area contributed by atoms with Crippen molar-refractivity contribution in [3.63, 3.8) is 0 Å². The Morgan fingerprint density at radius 2 is 1.90 bits per heavy atom. The number of hydrogen-bond donors (Lipinski definition) is 2. The molecular formula is C20H28N6O2S2. The number of rotatable bonds is 6. The smallest absolute Gasteiger partial charge is 0.317 e. The standard InChI is InChI=1S/C20H28N6O2S2/c27-18(23-19-24-22-14-30-19)16-5-9-26(10-6-16)20(28)21-12-15-3-7-25(8-4-15)13-17-2-1-11-29-17/h1-2,11,14-16H,3-10,12-13H2,(H,21,28)(H,23,24,27). The van der Waals surface area contributed by atoms with Gasteiger partial charge in [-0.3, -0.25) is 9.69 Å². The molecule has 0 saturated carbocycles. The van der Waals surface area contributed by atoms with E-state index in [0.717, 1.165) is 39.0 Å². The van der Waals surface area contributed by atoms with Gasteiger partial charge in [0.25, 0.3) is 0 Å². The van der Waals surface area contributed by atoms with E-state index in [4.69, 9.17) is 0 Å². The highest BCUT2D eigenvalue weighted by molar-refractivity contribution is 7.13. The van der Waals surface area contributed by atoms with E-state index < -0.39 is 0 Å². The van der Waals surface area contributed by atoms with Crippen molar-refractivity contribution in [3.05, 3.63) is 27.9 Å².